The molecule has 29 heavy (non-hydrogen) atoms. The molecule has 0 fully saturated rings. The van der Waals surface area contributed by atoms with Gasteiger partial charge in [-0.15, -0.1) is 0 Å². The van der Waals surface area contributed by atoms with Gasteiger partial charge >= 0.3 is 0 Å². The Hall–Kier alpha value is -0.310. The standard InChI is InChI=1S/C24H52N3OP/c1-3-5-7-9-10-11-12-13-14-15-16-17-18-19-20-22-24-27-29(25,28)26-23-21-8-6-4-2/h22,24H,3-21,23H2,1-2H3,(H4,25,26,27,28). The number of hydrogen-bond acceptors (Lipinski definition) is 1. The summed E-state index contributed by atoms with van der Waals surface area (Å²) in [5.74, 6) is 0. The van der Waals surface area contributed by atoms with Gasteiger partial charge in [0.05, 0.1) is 0 Å². The van der Waals surface area contributed by atoms with E-state index < -0.39 is 7.59 Å². The Morgan fingerprint density at radius 3 is 1.55 bits per heavy atom. The zero-order chi connectivity index (χ0) is 21.5. The second kappa shape index (κ2) is 22.4. The van der Waals surface area contributed by atoms with Crippen LogP contribution in [0.2, 0.25) is 0 Å². The molecule has 0 aliphatic rings. The Bertz CT molecular complexity index is 402. The van der Waals surface area contributed by atoms with E-state index in [1.165, 1.54) is 109 Å². The molecule has 4 N–H and O–H groups in total. The van der Waals surface area contributed by atoms with E-state index in [1.54, 1.807) is 6.20 Å². The second-order valence-electron chi connectivity index (χ2n) is 8.54. The first-order chi connectivity index (χ1) is 14.1. The van der Waals surface area contributed by atoms with Gasteiger partial charge < -0.3 is 5.09 Å². The van der Waals surface area contributed by atoms with E-state index in [9.17, 15) is 4.57 Å². The summed E-state index contributed by atoms with van der Waals surface area (Å²) in [6.07, 6.45) is 28.9. The van der Waals surface area contributed by atoms with E-state index in [4.69, 9.17) is 5.50 Å². The monoisotopic (exact) mass is 429 g/mol. The van der Waals surface area contributed by atoms with Gasteiger partial charge in [0.1, 0.15) is 0 Å². The number of unbranched alkanes of at least 4 members (excludes halogenated alkanes) is 17. The molecule has 0 aromatic carbocycles. The molecule has 0 bridgehead atoms. The molecular weight excluding hydrogens is 377 g/mol. The van der Waals surface area contributed by atoms with E-state index >= 15 is 0 Å². The molecule has 0 aliphatic carbocycles. The highest BCUT2D eigenvalue weighted by Crippen LogP contribution is 2.24. The van der Waals surface area contributed by atoms with Crippen LogP contribution in [-0.2, 0) is 4.57 Å². The van der Waals surface area contributed by atoms with Crippen LogP contribution in [0, 0.1) is 0 Å². The topological polar surface area (TPSA) is 67.1 Å². The average molecular weight is 430 g/mol. The van der Waals surface area contributed by atoms with Crippen LogP contribution >= 0.6 is 7.59 Å². The SMILES string of the molecule is CCCCCCCCCCCCCCCCC=CNP(N)(=O)NCCCCCC. The van der Waals surface area contributed by atoms with Crippen molar-refractivity contribution >= 4 is 7.59 Å². The lowest BCUT2D eigenvalue weighted by atomic mass is 10.0. The predicted octanol–water partition coefficient (Wildman–Crippen LogP) is 8.20. The third-order valence-electron chi connectivity index (χ3n) is 5.49. The highest BCUT2D eigenvalue weighted by atomic mass is 31.2. The quantitative estimate of drug-likeness (QED) is 0.113. The van der Waals surface area contributed by atoms with Crippen molar-refractivity contribution in [2.24, 2.45) is 5.50 Å². The van der Waals surface area contributed by atoms with Crippen molar-refractivity contribution in [3.05, 3.63) is 12.3 Å². The summed E-state index contributed by atoms with van der Waals surface area (Å²) in [5, 5.41) is 5.78. The molecule has 0 heterocycles. The van der Waals surface area contributed by atoms with E-state index in [0.29, 0.717) is 6.54 Å². The van der Waals surface area contributed by atoms with Gasteiger partial charge in [0.25, 0.3) is 7.59 Å². The second-order valence-corrected chi connectivity index (χ2v) is 10.4. The molecule has 0 saturated carbocycles. The fourth-order valence-electron chi connectivity index (χ4n) is 3.55. The smallest absolute Gasteiger partial charge is 0.300 e. The fraction of sp³-hybridized carbons (Fsp3) is 0.917. The number of nitrogens with one attached hydrogen (secondary N) is 2. The maximum absolute atomic E-state index is 12.1. The summed E-state index contributed by atoms with van der Waals surface area (Å²) in [7, 11) is -2.92. The summed E-state index contributed by atoms with van der Waals surface area (Å²) in [6, 6.07) is 0. The Morgan fingerprint density at radius 1 is 0.655 bits per heavy atom. The molecule has 0 saturated heterocycles. The maximum atomic E-state index is 12.1. The predicted molar refractivity (Wildman–Crippen MR) is 131 cm³/mol. The third kappa shape index (κ3) is 23.8. The van der Waals surface area contributed by atoms with Crippen LogP contribution in [-0.4, -0.2) is 6.54 Å². The van der Waals surface area contributed by atoms with Crippen molar-refractivity contribution < 1.29 is 4.57 Å². The fourth-order valence-corrected chi connectivity index (χ4v) is 4.45. The number of nitrogens with two attached hydrogens (primary N) is 1. The van der Waals surface area contributed by atoms with E-state index in [0.717, 1.165) is 12.8 Å². The molecule has 0 amide bonds. The van der Waals surface area contributed by atoms with Crippen LogP contribution in [0.4, 0.5) is 0 Å². The molecular formula is C24H52N3OP. The van der Waals surface area contributed by atoms with Gasteiger partial charge in [-0.05, 0) is 19.3 Å². The third-order valence-corrected chi connectivity index (χ3v) is 6.71. The van der Waals surface area contributed by atoms with Gasteiger partial charge in [-0.2, -0.15) is 0 Å². The highest BCUT2D eigenvalue weighted by molar-refractivity contribution is 7.57. The molecule has 0 aliphatic heterocycles. The van der Waals surface area contributed by atoms with Gasteiger partial charge in [0, 0.05) is 12.7 Å². The molecule has 0 aromatic rings. The average Bonchev–Trinajstić information content (AvgIpc) is 2.70. The molecule has 1 atom stereocenters. The van der Waals surface area contributed by atoms with Gasteiger partial charge in [0.15, 0.2) is 0 Å². The van der Waals surface area contributed by atoms with E-state index in [1.807, 2.05) is 0 Å². The van der Waals surface area contributed by atoms with Crippen molar-refractivity contribution in [2.45, 2.75) is 136 Å². The largest absolute Gasteiger partial charge is 0.320 e. The lowest BCUT2D eigenvalue weighted by molar-refractivity contribution is 0.536. The van der Waals surface area contributed by atoms with Crippen LogP contribution in [0.5, 0.6) is 0 Å². The van der Waals surface area contributed by atoms with E-state index in [2.05, 4.69) is 30.1 Å². The normalized spacial score (nSPS) is 13.8. The van der Waals surface area contributed by atoms with Crippen molar-refractivity contribution in [2.75, 3.05) is 6.54 Å². The van der Waals surface area contributed by atoms with Crippen LogP contribution in [0.3, 0.4) is 0 Å². The van der Waals surface area contributed by atoms with Gasteiger partial charge in [-0.3, -0.25) is 10.1 Å². The van der Waals surface area contributed by atoms with Crippen LogP contribution in [0.1, 0.15) is 136 Å². The summed E-state index contributed by atoms with van der Waals surface area (Å²) < 4.78 is 12.1. The van der Waals surface area contributed by atoms with Crippen molar-refractivity contribution in [3.8, 4) is 0 Å². The number of hydrogen-bond donors (Lipinski definition) is 3. The summed E-state index contributed by atoms with van der Waals surface area (Å²) in [5.41, 5.74) is 5.78. The summed E-state index contributed by atoms with van der Waals surface area (Å²) in [4.78, 5) is 0. The first-order valence-electron chi connectivity index (χ1n) is 12.7. The van der Waals surface area contributed by atoms with Crippen molar-refractivity contribution in [3.63, 3.8) is 0 Å². The highest BCUT2D eigenvalue weighted by Gasteiger charge is 2.10. The van der Waals surface area contributed by atoms with Crippen LogP contribution in [0.15, 0.2) is 12.3 Å². The Kier molecular flexibility index (Phi) is 22.1. The van der Waals surface area contributed by atoms with Crippen molar-refractivity contribution in [1.82, 2.24) is 10.2 Å². The molecule has 4 nitrogen and oxygen atoms in total. The first kappa shape index (κ1) is 28.7. The molecule has 1 unspecified atom stereocenters. The minimum atomic E-state index is -2.92. The van der Waals surface area contributed by atoms with Crippen LogP contribution in [0.25, 0.3) is 0 Å². The zero-order valence-electron chi connectivity index (χ0n) is 19.7. The van der Waals surface area contributed by atoms with Gasteiger partial charge in [-0.25, -0.2) is 5.09 Å². The van der Waals surface area contributed by atoms with E-state index in [-0.39, 0.29) is 0 Å². The maximum Gasteiger partial charge on any atom is 0.300 e. The first-order valence-corrected chi connectivity index (χ1v) is 14.5. The number of rotatable bonds is 23. The summed E-state index contributed by atoms with van der Waals surface area (Å²) in [6.45, 7) is 5.18. The minimum absolute atomic E-state index is 0.716. The van der Waals surface area contributed by atoms with Gasteiger partial charge in [-0.1, -0.05) is 123 Å². The molecule has 5 heteroatoms. The Labute approximate surface area is 182 Å². The zero-order valence-corrected chi connectivity index (χ0v) is 20.6. The molecule has 0 radical (unpaired) electrons. The Morgan fingerprint density at radius 2 is 1.07 bits per heavy atom. The number of allylic oxidation sites excluding steroid dienone is 1. The molecule has 0 aromatic heterocycles. The lowest BCUT2D eigenvalue weighted by Crippen LogP contribution is -2.25. The van der Waals surface area contributed by atoms with Crippen molar-refractivity contribution in [1.29, 1.82) is 0 Å². The van der Waals surface area contributed by atoms with Crippen LogP contribution < -0.4 is 15.7 Å². The molecule has 0 spiro atoms. The lowest BCUT2D eigenvalue weighted by Gasteiger charge is -2.14. The minimum Gasteiger partial charge on any atom is -0.320 e. The summed E-state index contributed by atoms with van der Waals surface area (Å²) >= 11 is 0. The van der Waals surface area contributed by atoms with Gasteiger partial charge in [0.2, 0.25) is 0 Å². The molecule has 174 valence electrons. The molecule has 0 rings (SSSR count). The Balaban J connectivity index is 3.32.